The van der Waals surface area contributed by atoms with E-state index in [1.54, 1.807) is 0 Å². The maximum atomic E-state index is 13.6. The first-order valence-corrected chi connectivity index (χ1v) is 8.27. The lowest BCUT2D eigenvalue weighted by Gasteiger charge is -2.27. The normalized spacial score (nSPS) is 17.1. The van der Waals surface area contributed by atoms with Crippen molar-refractivity contribution in [1.29, 1.82) is 0 Å². The van der Waals surface area contributed by atoms with Crippen molar-refractivity contribution in [2.75, 3.05) is 39.3 Å². The van der Waals surface area contributed by atoms with Crippen LogP contribution in [0.3, 0.4) is 0 Å². The Bertz CT molecular complexity index is 602. The van der Waals surface area contributed by atoms with Gasteiger partial charge in [-0.05, 0) is 18.6 Å². The highest BCUT2D eigenvalue weighted by Crippen LogP contribution is 2.18. The molecule has 0 amide bonds. The van der Waals surface area contributed by atoms with E-state index in [2.05, 4.69) is 14.9 Å². The van der Waals surface area contributed by atoms with E-state index in [0.717, 1.165) is 32.2 Å². The molecule has 1 aliphatic rings. The van der Waals surface area contributed by atoms with Crippen molar-refractivity contribution in [1.82, 2.24) is 14.9 Å². The van der Waals surface area contributed by atoms with Crippen molar-refractivity contribution in [2.45, 2.75) is 11.8 Å². The third-order valence-corrected chi connectivity index (χ3v) is 4.91. The Labute approximate surface area is 123 Å². The van der Waals surface area contributed by atoms with Crippen molar-refractivity contribution in [3.05, 3.63) is 29.3 Å². The molecule has 0 unspecified atom stereocenters. The average Bonchev–Trinajstić information content (AvgIpc) is 2.43. The molecular weight excluding hydrogens is 300 g/mol. The number of rotatable bonds is 5. The molecule has 5 nitrogen and oxygen atoms in total. The summed E-state index contributed by atoms with van der Waals surface area (Å²) in [5, 5.41) is 3.20. The molecule has 1 aliphatic heterocycles. The molecule has 0 spiro atoms. The fourth-order valence-corrected chi connectivity index (χ4v) is 3.35. The van der Waals surface area contributed by atoms with E-state index >= 15 is 0 Å². The lowest BCUT2D eigenvalue weighted by molar-refractivity contribution is 0.245. The molecule has 0 saturated carbocycles. The van der Waals surface area contributed by atoms with E-state index in [4.69, 9.17) is 0 Å². The highest BCUT2D eigenvalue weighted by atomic mass is 32.2. The van der Waals surface area contributed by atoms with E-state index in [1.807, 2.05) is 0 Å². The summed E-state index contributed by atoms with van der Waals surface area (Å²) >= 11 is 0. The standard InChI is InChI=1S/C13H19F2N3O2S/c1-10-8-13(12(15)9-11(10)14)21(19,20)17-4-7-18-5-2-16-3-6-18/h8-9,16-17H,2-7H2,1H3. The zero-order chi connectivity index (χ0) is 15.5. The van der Waals surface area contributed by atoms with Crippen LogP contribution in [-0.2, 0) is 10.0 Å². The molecule has 1 heterocycles. The molecule has 1 saturated heterocycles. The van der Waals surface area contributed by atoms with Gasteiger partial charge in [-0.2, -0.15) is 0 Å². The summed E-state index contributed by atoms with van der Waals surface area (Å²) in [5.74, 6) is -1.83. The van der Waals surface area contributed by atoms with Gasteiger partial charge in [-0.1, -0.05) is 0 Å². The van der Waals surface area contributed by atoms with Crippen LogP contribution in [0.4, 0.5) is 8.78 Å². The molecule has 1 aromatic rings. The van der Waals surface area contributed by atoms with Gasteiger partial charge in [0.15, 0.2) is 0 Å². The van der Waals surface area contributed by atoms with Gasteiger partial charge in [0, 0.05) is 45.3 Å². The molecule has 1 fully saturated rings. The molecule has 1 aromatic carbocycles. The van der Waals surface area contributed by atoms with E-state index in [0.29, 0.717) is 12.6 Å². The second-order valence-corrected chi connectivity index (χ2v) is 6.76. The minimum Gasteiger partial charge on any atom is -0.314 e. The van der Waals surface area contributed by atoms with Gasteiger partial charge in [0.25, 0.3) is 0 Å². The van der Waals surface area contributed by atoms with E-state index < -0.39 is 26.6 Å². The van der Waals surface area contributed by atoms with Crippen LogP contribution in [0.1, 0.15) is 5.56 Å². The average molecular weight is 319 g/mol. The van der Waals surface area contributed by atoms with Crippen LogP contribution in [0.25, 0.3) is 0 Å². The minimum atomic E-state index is -3.96. The summed E-state index contributed by atoms with van der Waals surface area (Å²) < 4.78 is 53.3. The lowest BCUT2D eigenvalue weighted by atomic mass is 10.2. The van der Waals surface area contributed by atoms with Crippen LogP contribution >= 0.6 is 0 Å². The largest absolute Gasteiger partial charge is 0.314 e. The monoisotopic (exact) mass is 319 g/mol. The second-order valence-electron chi connectivity index (χ2n) is 5.02. The molecule has 8 heteroatoms. The molecule has 0 bridgehead atoms. The van der Waals surface area contributed by atoms with Crippen molar-refractivity contribution in [3.63, 3.8) is 0 Å². The van der Waals surface area contributed by atoms with E-state index in [9.17, 15) is 17.2 Å². The topological polar surface area (TPSA) is 61.4 Å². The summed E-state index contributed by atoms with van der Waals surface area (Å²) in [6.07, 6.45) is 0. The number of halogens is 2. The van der Waals surface area contributed by atoms with Crippen molar-refractivity contribution in [2.24, 2.45) is 0 Å². The third kappa shape index (κ3) is 4.19. The predicted octanol–water partition coefficient (Wildman–Crippen LogP) is 0.457. The van der Waals surface area contributed by atoms with Gasteiger partial charge in [-0.3, -0.25) is 4.90 Å². The van der Waals surface area contributed by atoms with Crippen LogP contribution in [0.2, 0.25) is 0 Å². The van der Waals surface area contributed by atoms with Gasteiger partial charge in [0.2, 0.25) is 10.0 Å². The number of hydrogen-bond donors (Lipinski definition) is 2. The van der Waals surface area contributed by atoms with Gasteiger partial charge in [0.1, 0.15) is 16.5 Å². The Morgan fingerprint density at radius 2 is 1.90 bits per heavy atom. The Kier molecular flexibility index (Phi) is 5.26. The van der Waals surface area contributed by atoms with Crippen LogP contribution in [-0.4, -0.2) is 52.6 Å². The molecule has 0 aliphatic carbocycles. The van der Waals surface area contributed by atoms with Gasteiger partial charge in [0.05, 0.1) is 0 Å². The fraction of sp³-hybridized carbons (Fsp3) is 0.538. The number of benzene rings is 1. The number of nitrogens with one attached hydrogen (secondary N) is 2. The SMILES string of the molecule is Cc1cc(S(=O)(=O)NCCN2CCNCC2)c(F)cc1F. The summed E-state index contributed by atoms with van der Waals surface area (Å²) in [6.45, 7) is 5.60. The summed E-state index contributed by atoms with van der Waals surface area (Å²) in [5.41, 5.74) is 0.0962. The third-order valence-electron chi connectivity index (χ3n) is 3.43. The number of piperazine rings is 1. The molecule has 0 aromatic heterocycles. The van der Waals surface area contributed by atoms with Crippen molar-refractivity contribution in [3.8, 4) is 0 Å². The first-order chi connectivity index (χ1) is 9.90. The highest BCUT2D eigenvalue weighted by Gasteiger charge is 2.21. The summed E-state index contributed by atoms with van der Waals surface area (Å²) in [7, 11) is -3.96. The van der Waals surface area contributed by atoms with Gasteiger partial charge in [-0.25, -0.2) is 21.9 Å². The van der Waals surface area contributed by atoms with Gasteiger partial charge < -0.3 is 5.32 Å². The molecule has 2 N–H and O–H groups in total. The van der Waals surface area contributed by atoms with Gasteiger partial charge >= 0.3 is 0 Å². The zero-order valence-electron chi connectivity index (χ0n) is 11.8. The van der Waals surface area contributed by atoms with Crippen molar-refractivity contribution >= 4 is 10.0 Å². The molecule has 0 radical (unpaired) electrons. The number of aryl methyl sites for hydroxylation is 1. The molecule has 0 atom stereocenters. The zero-order valence-corrected chi connectivity index (χ0v) is 12.6. The fourth-order valence-electron chi connectivity index (χ4n) is 2.19. The minimum absolute atomic E-state index is 0.0962. The first-order valence-electron chi connectivity index (χ1n) is 6.78. The summed E-state index contributed by atoms with van der Waals surface area (Å²) in [6, 6.07) is 1.61. The first kappa shape index (κ1) is 16.3. The van der Waals surface area contributed by atoms with Crippen molar-refractivity contribution < 1.29 is 17.2 Å². The maximum Gasteiger partial charge on any atom is 0.243 e. The van der Waals surface area contributed by atoms with E-state index in [-0.39, 0.29) is 12.1 Å². The number of nitrogens with zero attached hydrogens (tertiary/aromatic N) is 1. The quantitative estimate of drug-likeness (QED) is 0.828. The maximum absolute atomic E-state index is 13.6. The highest BCUT2D eigenvalue weighted by molar-refractivity contribution is 7.89. The second kappa shape index (κ2) is 6.78. The Hall–Kier alpha value is -1.09. The molecule has 21 heavy (non-hydrogen) atoms. The Morgan fingerprint density at radius 1 is 1.24 bits per heavy atom. The smallest absolute Gasteiger partial charge is 0.243 e. The lowest BCUT2D eigenvalue weighted by Crippen LogP contribution is -2.46. The summed E-state index contributed by atoms with van der Waals surface area (Å²) in [4.78, 5) is 1.60. The van der Waals surface area contributed by atoms with Crippen LogP contribution in [0, 0.1) is 18.6 Å². The van der Waals surface area contributed by atoms with Crippen LogP contribution < -0.4 is 10.0 Å². The number of hydrogen-bond acceptors (Lipinski definition) is 4. The molecule has 118 valence electrons. The molecular formula is C13H19F2N3O2S. The Morgan fingerprint density at radius 3 is 2.57 bits per heavy atom. The van der Waals surface area contributed by atoms with E-state index in [1.165, 1.54) is 6.92 Å². The predicted molar refractivity (Wildman–Crippen MR) is 75.6 cm³/mol. The Balaban J connectivity index is 1.99. The molecule has 2 rings (SSSR count). The van der Waals surface area contributed by atoms with Crippen LogP contribution in [0.5, 0.6) is 0 Å². The number of sulfonamides is 1. The van der Waals surface area contributed by atoms with Crippen LogP contribution in [0.15, 0.2) is 17.0 Å². The van der Waals surface area contributed by atoms with Gasteiger partial charge in [-0.15, -0.1) is 0 Å².